The molecule has 2 nitrogen and oxygen atoms in total. The molecular formula is C14H12BrF3N2. The van der Waals surface area contributed by atoms with Crippen molar-refractivity contribution in [2.45, 2.75) is 12.5 Å². The van der Waals surface area contributed by atoms with Crippen LogP contribution in [0.2, 0.25) is 0 Å². The fourth-order valence-electron chi connectivity index (χ4n) is 1.99. The zero-order valence-corrected chi connectivity index (χ0v) is 11.9. The van der Waals surface area contributed by atoms with Crippen molar-refractivity contribution in [1.29, 1.82) is 0 Å². The maximum absolute atomic E-state index is 13.7. The summed E-state index contributed by atoms with van der Waals surface area (Å²) in [5, 5.41) is 0. The van der Waals surface area contributed by atoms with Crippen molar-refractivity contribution in [3.8, 4) is 0 Å². The summed E-state index contributed by atoms with van der Waals surface area (Å²) in [7, 11) is 0. The van der Waals surface area contributed by atoms with Crippen LogP contribution in [0.15, 0.2) is 40.9 Å². The van der Waals surface area contributed by atoms with E-state index in [1.807, 2.05) is 0 Å². The van der Waals surface area contributed by atoms with E-state index in [9.17, 15) is 13.2 Å². The molecule has 0 heterocycles. The molecule has 0 radical (unpaired) electrons. The number of hydrogen-bond donors (Lipinski definition) is 2. The monoisotopic (exact) mass is 344 g/mol. The van der Waals surface area contributed by atoms with E-state index in [1.165, 1.54) is 24.3 Å². The maximum Gasteiger partial charge on any atom is 0.137 e. The van der Waals surface area contributed by atoms with Gasteiger partial charge in [-0.3, -0.25) is 11.3 Å². The van der Waals surface area contributed by atoms with Crippen LogP contribution in [0.25, 0.3) is 0 Å². The van der Waals surface area contributed by atoms with Crippen LogP contribution in [0.4, 0.5) is 13.2 Å². The minimum absolute atomic E-state index is 0.129. The summed E-state index contributed by atoms with van der Waals surface area (Å²) in [5.74, 6) is 3.65. The second-order valence-corrected chi connectivity index (χ2v) is 5.16. The van der Waals surface area contributed by atoms with Gasteiger partial charge in [-0.05, 0) is 52.2 Å². The molecule has 0 bridgehead atoms. The summed E-state index contributed by atoms with van der Waals surface area (Å²) in [6.45, 7) is 0. The van der Waals surface area contributed by atoms with Crippen LogP contribution < -0.4 is 11.3 Å². The number of rotatable bonds is 4. The smallest absolute Gasteiger partial charge is 0.137 e. The van der Waals surface area contributed by atoms with Gasteiger partial charge < -0.3 is 0 Å². The molecule has 6 heteroatoms. The molecule has 0 aliphatic rings. The molecule has 2 rings (SSSR count). The normalized spacial score (nSPS) is 12.4. The van der Waals surface area contributed by atoms with Crippen LogP contribution >= 0.6 is 15.9 Å². The highest BCUT2D eigenvalue weighted by Gasteiger charge is 2.19. The number of halogens is 4. The largest absolute Gasteiger partial charge is 0.271 e. The van der Waals surface area contributed by atoms with E-state index in [1.54, 1.807) is 12.1 Å². The molecule has 0 spiro atoms. The quantitative estimate of drug-likeness (QED) is 0.656. The fraction of sp³-hybridized carbons (Fsp3) is 0.143. The average molecular weight is 345 g/mol. The van der Waals surface area contributed by atoms with Crippen LogP contribution in [0.5, 0.6) is 0 Å². The van der Waals surface area contributed by atoms with Crippen molar-refractivity contribution in [3.05, 3.63) is 69.4 Å². The van der Waals surface area contributed by atoms with Gasteiger partial charge in [0.15, 0.2) is 0 Å². The lowest BCUT2D eigenvalue weighted by molar-refractivity contribution is 0.472. The van der Waals surface area contributed by atoms with Gasteiger partial charge in [-0.1, -0.05) is 12.1 Å². The zero-order chi connectivity index (χ0) is 14.7. The van der Waals surface area contributed by atoms with Crippen LogP contribution in [0.3, 0.4) is 0 Å². The van der Waals surface area contributed by atoms with Crippen molar-refractivity contribution in [1.82, 2.24) is 5.43 Å². The molecule has 0 fully saturated rings. The number of hydrazine groups is 1. The van der Waals surface area contributed by atoms with E-state index >= 15 is 0 Å². The Kier molecular flexibility index (Phi) is 4.80. The van der Waals surface area contributed by atoms with E-state index in [2.05, 4.69) is 21.4 Å². The molecule has 1 atom stereocenters. The topological polar surface area (TPSA) is 38.0 Å². The summed E-state index contributed by atoms with van der Waals surface area (Å²) >= 11 is 3.07. The third kappa shape index (κ3) is 3.20. The number of hydrogen-bond acceptors (Lipinski definition) is 2. The predicted molar refractivity (Wildman–Crippen MR) is 74.2 cm³/mol. The lowest BCUT2D eigenvalue weighted by atomic mass is 9.98. The Hall–Kier alpha value is -1.37. The molecule has 20 heavy (non-hydrogen) atoms. The third-order valence-corrected chi connectivity index (χ3v) is 3.58. The summed E-state index contributed by atoms with van der Waals surface area (Å²) in [5.41, 5.74) is 2.96. The molecule has 0 aliphatic carbocycles. The molecule has 2 aromatic rings. The van der Waals surface area contributed by atoms with Crippen molar-refractivity contribution in [2.75, 3.05) is 0 Å². The van der Waals surface area contributed by atoms with Crippen molar-refractivity contribution >= 4 is 15.9 Å². The highest BCUT2D eigenvalue weighted by molar-refractivity contribution is 9.10. The van der Waals surface area contributed by atoms with Gasteiger partial charge in [0.25, 0.3) is 0 Å². The standard InChI is InChI=1S/C14H12BrF3N2/c15-9-6-8(4-5-10(9)16)7-13(20-19)14-11(17)2-1-3-12(14)18/h1-6,13,20H,7,19H2. The molecule has 106 valence electrons. The molecule has 0 aliphatic heterocycles. The lowest BCUT2D eigenvalue weighted by Gasteiger charge is -2.18. The van der Waals surface area contributed by atoms with Gasteiger partial charge in [0.1, 0.15) is 17.5 Å². The van der Waals surface area contributed by atoms with E-state index in [-0.39, 0.29) is 12.0 Å². The van der Waals surface area contributed by atoms with Gasteiger partial charge in [-0.2, -0.15) is 0 Å². The fourth-order valence-corrected chi connectivity index (χ4v) is 2.42. The van der Waals surface area contributed by atoms with Crippen LogP contribution in [0.1, 0.15) is 17.2 Å². The van der Waals surface area contributed by atoms with E-state index < -0.39 is 23.5 Å². The molecule has 2 aromatic carbocycles. The third-order valence-electron chi connectivity index (χ3n) is 2.97. The number of nitrogens with one attached hydrogen (secondary N) is 1. The second kappa shape index (κ2) is 6.39. The predicted octanol–water partition coefficient (Wildman–Crippen LogP) is 3.61. The molecule has 3 N–H and O–H groups in total. The molecule has 1 unspecified atom stereocenters. The maximum atomic E-state index is 13.7. The number of nitrogens with two attached hydrogens (primary N) is 1. The van der Waals surface area contributed by atoms with Gasteiger partial charge >= 0.3 is 0 Å². The average Bonchev–Trinajstić information content (AvgIpc) is 2.41. The highest BCUT2D eigenvalue weighted by atomic mass is 79.9. The summed E-state index contributed by atoms with van der Waals surface area (Å²) in [6.07, 6.45) is 0.229. The Morgan fingerprint density at radius 3 is 2.25 bits per heavy atom. The Bertz CT molecular complexity index is 599. The van der Waals surface area contributed by atoms with Crippen LogP contribution in [-0.4, -0.2) is 0 Å². The van der Waals surface area contributed by atoms with E-state index in [4.69, 9.17) is 5.84 Å². The minimum Gasteiger partial charge on any atom is -0.271 e. The Morgan fingerprint density at radius 1 is 1.05 bits per heavy atom. The molecule has 0 aromatic heterocycles. The second-order valence-electron chi connectivity index (χ2n) is 4.31. The van der Waals surface area contributed by atoms with Crippen molar-refractivity contribution in [3.63, 3.8) is 0 Å². The van der Waals surface area contributed by atoms with Crippen molar-refractivity contribution in [2.24, 2.45) is 5.84 Å². The van der Waals surface area contributed by atoms with Gasteiger partial charge in [0, 0.05) is 5.56 Å². The molecule has 0 saturated heterocycles. The zero-order valence-electron chi connectivity index (χ0n) is 10.3. The Balaban J connectivity index is 2.31. The number of benzene rings is 2. The summed E-state index contributed by atoms with van der Waals surface area (Å²) in [6, 6.07) is 7.27. The van der Waals surface area contributed by atoms with E-state index in [0.717, 1.165) is 0 Å². The molecule has 0 saturated carbocycles. The first-order valence-electron chi connectivity index (χ1n) is 5.87. The highest BCUT2D eigenvalue weighted by Crippen LogP contribution is 2.25. The van der Waals surface area contributed by atoms with Gasteiger partial charge in [-0.15, -0.1) is 0 Å². The molecule has 0 amide bonds. The minimum atomic E-state index is -0.742. The lowest BCUT2D eigenvalue weighted by Crippen LogP contribution is -2.31. The first-order valence-corrected chi connectivity index (χ1v) is 6.66. The Morgan fingerprint density at radius 2 is 1.70 bits per heavy atom. The van der Waals surface area contributed by atoms with Gasteiger partial charge in [0.2, 0.25) is 0 Å². The SMILES string of the molecule is NNC(Cc1ccc(F)c(Br)c1)c1c(F)cccc1F. The van der Waals surface area contributed by atoms with Crippen molar-refractivity contribution < 1.29 is 13.2 Å². The van der Waals surface area contributed by atoms with Crippen LogP contribution in [0, 0.1) is 17.5 Å². The Labute approximate surface area is 122 Å². The van der Waals surface area contributed by atoms with Gasteiger partial charge in [-0.25, -0.2) is 13.2 Å². The van der Waals surface area contributed by atoms with E-state index in [0.29, 0.717) is 10.0 Å². The first-order chi connectivity index (χ1) is 9.52. The first kappa shape index (κ1) is 15.0. The van der Waals surface area contributed by atoms with Crippen LogP contribution in [-0.2, 0) is 6.42 Å². The summed E-state index contributed by atoms with van der Waals surface area (Å²) in [4.78, 5) is 0. The van der Waals surface area contributed by atoms with Gasteiger partial charge in [0.05, 0.1) is 10.5 Å². The molecular weight excluding hydrogens is 333 g/mol. The summed E-state index contributed by atoms with van der Waals surface area (Å²) < 4.78 is 40.9.